The summed E-state index contributed by atoms with van der Waals surface area (Å²) in [6.45, 7) is 7.39. The predicted octanol–water partition coefficient (Wildman–Crippen LogP) is 2.98. The van der Waals surface area contributed by atoms with Crippen LogP contribution >= 0.6 is 0 Å². The number of likely N-dealkylation sites (N-methyl/N-ethyl adjacent to an activating group) is 1. The average Bonchev–Trinajstić information content (AvgIpc) is 2.43. The SMILES string of the molecule is CCCN(CCNC)c1nc2ccccc2cc1C. The van der Waals surface area contributed by atoms with Crippen LogP contribution in [0.2, 0.25) is 0 Å². The van der Waals surface area contributed by atoms with Crippen molar-refractivity contribution in [2.24, 2.45) is 0 Å². The molecule has 0 amide bonds. The zero-order chi connectivity index (χ0) is 13.7. The summed E-state index contributed by atoms with van der Waals surface area (Å²) in [5, 5.41) is 4.43. The summed E-state index contributed by atoms with van der Waals surface area (Å²) < 4.78 is 0. The number of aryl methyl sites for hydroxylation is 1. The van der Waals surface area contributed by atoms with E-state index < -0.39 is 0 Å². The van der Waals surface area contributed by atoms with Gasteiger partial charge in [0.1, 0.15) is 5.82 Å². The maximum Gasteiger partial charge on any atom is 0.132 e. The van der Waals surface area contributed by atoms with Crippen LogP contribution in [0.4, 0.5) is 5.82 Å². The van der Waals surface area contributed by atoms with Crippen LogP contribution < -0.4 is 10.2 Å². The number of hydrogen-bond acceptors (Lipinski definition) is 3. The minimum Gasteiger partial charge on any atom is -0.355 e. The molecule has 0 bridgehead atoms. The van der Waals surface area contributed by atoms with Crippen LogP contribution in [0.15, 0.2) is 30.3 Å². The van der Waals surface area contributed by atoms with E-state index in [1.165, 1.54) is 10.9 Å². The molecular formula is C16H23N3. The van der Waals surface area contributed by atoms with Crippen molar-refractivity contribution >= 4 is 16.7 Å². The second kappa shape index (κ2) is 6.53. The van der Waals surface area contributed by atoms with Gasteiger partial charge in [-0.15, -0.1) is 0 Å². The van der Waals surface area contributed by atoms with Crippen molar-refractivity contribution in [2.45, 2.75) is 20.3 Å². The molecule has 1 aromatic carbocycles. The third-order valence-corrected chi connectivity index (χ3v) is 3.31. The van der Waals surface area contributed by atoms with Crippen LogP contribution in [0.25, 0.3) is 10.9 Å². The van der Waals surface area contributed by atoms with Crippen molar-refractivity contribution in [3.05, 3.63) is 35.9 Å². The maximum atomic E-state index is 4.84. The van der Waals surface area contributed by atoms with Crippen LogP contribution in [0, 0.1) is 6.92 Å². The van der Waals surface area contributed by atoms with Crippen molar-refractivity contribution in [1.82, 2.24) is 10.3 Å². The van der Waals surface area contributed by atoms with E-state index in [0.29, 0.717) is 0 Å². The topological polar surface area (TPSA) is 28.2 Å². The van der Waals surface area contributed by atoms with Gasteiger partial charge >= 0.3 is 0 Å². The Kier molecular flexibility index (Phi) is 4.74. The fraction of sp³-hybridized carbons (Fsp3) is 0.438. The lowest BCUT2D eigenvalue weighted by Crippen LogP contribution is -2.32. The van der Waals surface area contributed by atoms with E-state index in [-0.39, 0.29) is 0 Å². The first-order valence-electron chi connectivity index (χ1n) is 7.02. The second-order valence-corrected chi connectivity index (χ2v) is 4.91. The molecule has 19 heavy (non-hydrogen) atoms. The van der Waals surface area contributed by atoms with Gasteiger partial charge in [0.25, 0.3) is 0 Å². The van der Waals surface area contributed by atoms with Gasteiger partial charge in [-0.05, 0) is 38.1 Å². The van der Waals surface area contributed by atoms with Crippen LogP contribution in [0.1, 0.15) is 18.9 Å². The lowest BCUT2D eigenvalue weighted by atomic mass is 10.1. The van der Waals surface area contributed by atoms with E-state index in [9.17, 15) is 0 Å². The predicted molar refractivity (Wildman–Crippen MR) is 82.9 cm³/mol. The number of pyridine rings is 1. The largest absolute Gasteiger partial charge is 0.355 e. The highest BCUT2D eigenvalue weighted by Gasteiger charge is 2.10. The monoisotopic (exact) mass is 257 g/mol. The van der Waals surface area contributed by atoms with Gasteiger partial charge in [-0.1, -0.05) is 25.1 Å². The second-order valence-electron chi connectivity index (χ2n) is 4.91. The lowest BCUT2D eigenvalue weighted by molar-refractivity contribution is 0.702. The van der Waals surface area contributed by atoms with Crippen molar-refractivity contribution in [3.63, 3.8) is 0 Å². The highest BCUT2D eigenvalue weighted by atomic mass is 15.2. The number of nitrogens with zero attached hydrogens (tertiary/aromatic N) is 2. The third kappa shape index (κ3) is 3.24. The molecule has 3 nitrogen and oxygen atoms in total. The highest BCUT2D eigenvalue weighted by Crippen LogP contribution is 2.22. The molecule has 0 atom stereocenters. The zero-order valence-corrected chi connectivity index (χ0v) is 12.1. The number of nitrogens with one attached hydrogen (secondary N) is 1. The number of fused-ring (bicyclic) bond motifs is 1. The van der Waals surface area contributed by atoms with E-state index in [1.54, 1.807) is 0 Å². The van der Waals surface area contributed by atoms with Gasteiger partial charge in [-0.2, -0.15) is 0 Å². The van der Waals surface area contributed by atoms with Crippen LogP contribution in [0.5, 0.6) is 0 Å². The van der Waals surface area contributed by atoms with Crippen molar-refractivity contribution in [2.75, 3.05) is 31.6 Å². The van der Waals surface area contributed by atoms with Gasteiger partial charge in [0.05, 0.1) is 5.52 Å². The zero-order valence-electron chi connectivity index (χ0n) is 12.1. The first kappa shape index (κ1) is 13.8. The molecule has 1 heterocycles. The molecule has 0 radical (unpaired) electrons. The molecule has 2 aromatic rings. The highest BCUT2D eigenvalue weighted by molar-refractivity contribution is 5.81. The Morgan fingerprint density at radius 3 is 2.74 bits per heavy atom. The van der Waals surface area contributed by atoms with Crippen molar-refractivity contribution < 1.29 is 0 Å². The standard InChI is InChI=1S/C16H23N3/c1-4-10-19(11-9-17-3)16-13(2)12-14-7-5-6-8-15(14)18-16/h5-8,12,17H,4,9-11H2,1-3H3. The molecule has 2 rings (SSSR count). The van der Waals surface area contributed by atoms with Crippen molar-refractivity contribution in [3.8, 4) is 0 Å². The molecule has 0 fully saturated rings. The van der Waals surface area contributed by atoms with Gasteiger partial charge in [0, 0.05) is 25.0 Å². The normalized spacial score (nSPS) is 10.9. The van der Waals surface area contributed by atoms with Crippen molar-refractivity contribution in [1.29, 1.82) is 0 Å². The molecule has 0 saturated heterocycles. The molecule has 3 heteroatoms. The van der Waals surface area contributed by atoms with Crippen LogP contribution in [0.3, 0.4) is 0 Å². The minimum absolute atomic E-state index is 0.980. The Morgan fingerprint density at radius 1 is 1.21 bits per heavy atom. The van der Waals surface area contributed by atoms with E-state index in [0.717, 1.165) is 37.4 Å². The number of benzene rings is 1. The molecular weight excluding hydrogens is 234 g/mol. The van der Waals surface area contributed by atoms with E-state index in [4.69, 9.17) is 4.98 Å². The van der Waals surface area contributed by atoms with Gasteiger partial charge < -0.3 is 10.2 Å². The third-order valence-electron chi connectivity index (χ3n) is 3.31. The number of para-hydroxylation sites is 1. The number of hydrogen-bond donors (Lipinski definition) is 1. The molecule has 0 spiro atoms. The average molecular weight is 257 g/mol. The summed E-state index contributed by atoms with van der Waals surface area (Å²) in [5.41, 5.74) is 2.33. The Morgan fingerprint density at radius 2 is 2.00 bits per heavy atom. The summed E-state index contributed by atoms with van der Waals surface area (Å²) in [4.78, 5) is 7.22. The Labute approximate surface area is 115 Å². The fourth-order valence-corrected chi connectivity index (χ4v) is 2.37. The number of anilines is 1. The summed E-state index contributed by atoms with van der Waals surface area (Å²) in [6.07, 6.45) is 1.14. The van der Waals surface area contributed by atoms with E-state index in [2.05, 4.69) is 48.3 Å². The van der Waals surface area contributed by atoms with Gasteiger partial charge in [0.2, 0.25) is 0 Å². The van der Waals surface area contributed by atoms with Crippen LogP contribution in [-0.4, -0.2) is 31.7 Å². The van der Waals surface area contributed by atoms with Crippen LogP contribution in [-0.2, 0) is 0 Å². The fourth-order valence-electron chi connectivity index (χ4n) is 2.37. The molecule has 0 saturated carbocycles. The first-order chi connectivity index (χ1) is 9.26. The Balaban J connectivity index is 2.37. The molecule has 1 N–H and O–H groups in total. The Bertz CT molecular complexity index is 537. The van der Waals surface area contributed by atoms with Gasteiger partial charge in [-0.3, -0.25) is 0 Å². The van der Waals surface area contributed by atoms with Gasteiger partial charge in [0.15, 0.2) is 0 Å². The molecule has 0 aliphatic carbocycles. The number of rotatable bonds is 6. The molecule has 0 aliphatic heterocycles. The molecule has 0 aliphatic rings. The summed E-state index contributed by atoms with van der Waals surface area (Å²) in [7, 11) is 1.99. The van der Waals surface area contributed by atoms with E-state index in [1.807, 2.05) is 13.1 Å². The summed E-state index contributed by atoms with van der Waals surface area (Å²) >= 11 is 0. The quantitative estimate of drug-likeness (QED) is 0.862. The Hall–Kier alpha value is -1.61. The minimum atomic E-state index is 0.980. The smallest absolute Gasteiger partial charge is 0.132 e. The summed E-state index contributed by atoms with van der Waals surface area (Å²) in [5.74, 6) is 1.12. The molecule has 102 valence electrons. The number of aromatic nitrogens is 1. The van der Waals surface area contributed by atoms with Gasteiger partial charge in [-0.25, -0.2) is 4.98 Å². The van der Waals surface area contributed by atoms with E-state index >= 15 is 0 Å². The maximum absolute atomic E-state index is 4.84. The molecule has 0 unspecified atom stereocenters. The molecule has 1 aromatic heterocycles. The first-order valence-corrected chi connectivity index (χ1v) is 7.02. The summed E-state index contributed by atoms with van der Waals surface area (Å²) in [6, 6.07) is 10.6. The lowest BCUT2D eigenvalue weighted by Gasteiger charge is -2.25.